The molecule has 0 heterocycles. The number of nitrogens with one attached hydrogen (secondary N) is 1. The molecule has 2 rings (SSSR count). The average Bonchev–Trinajstić information content (AvgIpc) is 2.35. The van der Waals surface area contributed by atoms with Crippen LogP contribution in [0.5, 0.6) is 0 Å². The van der Waals surface area contributed by atoms with E-state index in [0.29, 0.717) is 17.8 Å². The van der Waals surface area contributed by atoms with Gasteiger partial charge in [-0.2, -0.15) is 0 Å². The first-order chi connectivity index (χ1) is 9.42. The van der Waals surface area contributed by atoms with Crippen LogP contribution in [0.3, 0.4) is 0 Å². The minimum Gasteiger partial charge on any atom is -0.481 e. The number of nitrogen functional groups attached to an aromatic ring is 1. The predicted molar refractivity (Wildman–Crippen MR) is 79.4 cm³/mol. The van der Waals surface area contributed by atoms with Crippen LogP contribution in [0.2, 0.25) is 0 Å². The van der Waals surface area contributed by atoms with E-state index in [4.69, 9.17) is 10.8 Å². The molecule has 4 N–H and O–H groups in total. The Morgan fingerprint density at radius 3 is 2.60 bits per heavy atom. The summed E-state index contributed by atoms with van der Waals surface area (Å²) in [5, 5.41) is 11.7. The van der Waals surface area contributed by atoms with Crippen LogP contribution in [0.4, 0.5) is 5.69 Å². The Hall–Kier alpha value is -1.56. The maximum Gasteiger partial charge on any atom is 0.303 e. The van der Waals surface area contributed by atoms with Crippen LogP contribution >= 0.6 is 15.9 Å². The lowest BCUT2D eigenvalue weighted by molar-refractivity contribution is -0.141. The fourth-order valence-corrected chi connectivity index (χ4v) is 2.72. The van der Waals surface area contributed by atoms with Crippen molar-refractivity contribution in [2.24, 2.45) is 5.41 Å². The van der Waals surface area contributed by atoms with Crippen LogP contribution in [0.25, 0.3) is 0 Å². The van der Waals surface area contributed by atoms with Gasteiger partial charge in [-0.15, -0.1) is 0 Å². The summed E-state index contributed by atoms with van der Waals surface area (Å²) >= 11 is 3.27. The van der Waals surface area contributed by atoms with E-state index < -0.39 is 5.97 Å². The summed E-state index contributed by atoms with van der Waals surface area (Å²) in [6.45, 7) is 0.397. The number of benzene rings is 1. The summed E-state index contributed by atoms with van der Waals surface area (Å²) in [7, 11) is 0. The average molecular weight is 341 g/mol. The number of anilines is 1. The zero-order valence-electron chi connectivity index (χ0n) is 11.0. The third-order valence-electron chi connectivity index (χ3n) is 3.82. The molecule has 1 aromatic rings. The van der Waals surface area contributed by atoms with E-state index in [0.717, 1.165) is 23.7 Å². The number of nitrogens with two attached hydrogens (primary N) is 1. The van der Waals surface area contributed by atoms with Gasteiger partial charge in [0.2, 0.25) is 0 Å². The number of hydrogen-bond acceptors (Lipinski definition) is 3. The van der Waals surface area contributed by atoms with Gasteiger partial charge in [-0.3, -0.25) is 9.59 Å². The molecule has 1 aliphatic rings. The number of carbonyl (C=O) groups is 2. The minimum atomic E-state index is -0.813. The van der Waals surface area contributed by atoms with Gasteiger partial charge < -0.3 is 16.2 Å². The van der Waals surface area contributed by atoms with Gasteiger partial charge in [0.05, 0.1) is 6.42 Å². The number of rotatable bonds is 5. The van der Waals surface area contributed by atoms with Crippen LogP contribution in [0, 0.1) is 5.41 Å². The highest BCUT2D eigenvalue weighted by molar-refractivity contribution is 9.10. The second kappa shape index (κ2) is 5.83. The number of amides is 1. The topological polar surface area (TPSA) is 92.4 Å². The predicted octanol–water partition coefficient (Wildman–Crippen LogP) is 2.41. The summed E-state index contributed by atoms with van der Waals surface area (Å²) in [4.78, 5) is 22.9. The Morgan fingerprint density at radius 1 is 1.40 bits per heavy atom. The van der Waals surface area contributed by atoms with Crippen molar-refractivity contribution < 1.29 is 14.7 Å². The van der Waals surface area contributed by atoms with Crippen molar-refractivity contribution in [1.82, 2.24) is 5.32 Å². The SMILES string of the molecule is Nc1cc(C(=O)NCC2(CC(=O)O)CCC2)ccc1Br. The lowest BCUT2D eigenvalue weighted by atomic mass is 9.66. The summed E-state index contributed by atoms with van der Waals surface area (Å²) < 4.78 is 0.746. The van der Waals surface area contributed by atoms with Crippen molar-refractivity contribution in [3.63, 3.8) is 0 Å². The quantitative estimate of drug-likeness (QED) is 0.717. The summed E-state index contributed by atoms with van der Waals surface area (Å²) in [5.41, 5.74) is 6.45. The second-order valence-corrected chi connectivity index (χ2v) is 6.20. The zero-order chi connectivity index (χ0) is 14.8. The van der Waals surface area contributed by atoms with Crippen LogP contribution in [0.15, 0.2) is 22.7 Å². The van der Waals surface area contributed by atoms with Crippen molar-refractivity contribution in [3.05, 3.63) is 28.2 Å². The Kier molecular flexibility index (Phi) is 4.32. The molecule has 0 atom stereocenters. The number of aliphatic carboxylic acids is 1. The Labute approximate surface area is 125 Å². The summed E-state index contributed by atoms with van der Waals surface area (Å²) in [6, 6.07) is 5.01. The Bertz CT molecular complexity index is 541. The third-order valence-corrected chi connectivity index (χ3v) is 4.54. The van der Waals surface area contributed by atoms with Crippen LogP contribution < -0.4 is 11.1 Å². The van der Waals surface area contributed by atoms with Crippen LogP contribution in [-0.2, 0) is 4.79 Å². The molecule has 0 spiro atoms. The van der Waals surface area contributed by atoms with Crippen molar-refractivity contribution in [1.29, 1.82) is 0 Å². The number of carboxylic acid groups (broad SMARTS) is 1. The molecule has 1 fully saturated rings. The highest BCUT2D eigenvalue weighted by Crippen LogP contribution is 2.43. The lowest BCUT2D eigenvalue weighted by Crippen LogP contribution is -2.43. The molecule has 108 valence electrons. The van der Waals surface area contributed by atoms with Gasteiger partial charge in [-0.25, -0.2) is 0 Å². The Balaban J connectivity index is 1.97. The van der Waals surface area contributed by atoms with Gasteiger partial charge in [-0.1, -0.05) is 6.42 Å². The van der Waals surface area contributed by atoms with E-state index in [9.17, 15) is 9.59 Å². The van der Waals surface area contributed by atoms with Crippen molar-refractivity contribution in [3.8, 4) is 0 Å². The molecule has 0 aromatic heterocycles. The standard InChI is InChI=1S/C14H17BrN2O3/c15-10-3-2-9(6-11(10)16)13(20)17-8-14(4-1-5-14)7-12(18)19/h2-3,6H,1,4-5,7-8,16H2,(H,17,20)(H,18,19). The smallest absolute Gasteiger partial charge is 0.303 e. The molecule has 20 heavy (non-hydrogen) atoms. The first-order valence-corrected chi connectivity index (χ1v) is 7.26. The monoisotopic (exact) mass is 340 g/mol. The normalized spacial score (nSPS) is 16.2. The van der Waals surface area contributed by atoms with E-state index in [1.165, 1.54) is 0 Å². The van der Waals surface area contributed by atoms with E-state index in [1.54, 1.807) is 18.2 Å². The van der Waals surface area contributed by atoms with Gasteiger partial charge in [0, 0.05) is 22.3 Å². The number of carboxylic acids is 1. The number of carbonyl (C=O) groups excluding carboxylic acids is 1. The molecule has 6 heteroatoms. The molecule has 0 bridgehead atoms. The van der Waals surface area contributed by atoms with Crippen LogP contribution in [0.1, 0.15) is 36.0 Å². The third kappa shape index (κ3) is 3.30. The lowest BCUT2D eigenvalue weighted by Gasteiger charge is -2.40. The van der Waals surface area contributed by atoms with Gasteiger partial charge in [0.25, 0.3) is 5.91 Å². The minimum absolute atomic E-state index is 0.107. The molecule has 1 aliphatic carbocycles. The highest BCUT2D eigenvalue weighted by atomic mass is 79.9. The maximum atomic E-state index is 12.1. The fraction of sp³-hybridized carbons (Fsp3) is 0.429. The zero-order valence-corrected chi connectivity index (χ0v) is 12.6. The van der Waals surface area contributed by atoms with Gasteiger partial charge in [0.1, 0.15) is 0 Å². The highest BCUT2D eigenvalue weighted by Gasteiger charge is 2.39. The van der Waals surface area contributed by atoms with Crippen LogP contribution in [-0.4, -0.2) is 23.5 Å². The number of hydrogen-bond donors (Lipinski definition) is 3. The molecule has 1 aromatic carbocycles. The second-order valence-electron chi connectivity index (χ2n) is 5.34. The molecule has 0 aliphatic heterocycles. The molecule has 0 radical (unpaired) electrons. The summed E-state index contributed by atoms with van der Waals surface area (Å²) in [6.07, 6.45) is 2.83. The van der Waals surface area contributed by atoms with Gasteiger partial charge in [0.15, 0.2) is 0 Å². The molecular weight excluding hydrogens is 324 g/mol. The van der Waals surface area contributed by atoms with Crippen molar-refractivity contribution in [2.45, 2.75) is 25.7 Å². The van der Waals surface area contributed by atoms with Gasteiger partial charge >= 0.3 is 5.97 Å². The molecular formula is C14H17BrN2O3. The molecule has 5 nitrogen and oxygen atoms in total. The molecule has 1 amide bonds. The van der Waals surface area contributed by atoms with Crippen molar-refractivity contribution >= 4 is 33.5 Å². The summed E-state index contributed by atoms with van der Waals surface area (Å²) in [5.74, 6) is -1.03. The van der Waals surface area contributed by atoms with Crippen molar-refractivity contribution in [2.75, 3.05) is 12.3 Å². The number of halogens is 1. The van der Waals surface area contributed by atoms with E-state index in [-0.39, 0.29) is 17.7 Å². The first-order valence-electron chi connectivity index (χ1n) is 6.47. The largest absolute Gasteiger partial charge is 0.481 e. The first kappa shape index (κ1) is 14.8. The maximum absolute atomic E-state index is 12.1. The molecule has 1 saturated carbocycles. The van der Waals surface area contributed by atoms with Gasteiger partial charge in [-0.05, 0) is 52.4 Å². The molecule has 0 unspecified atom stereocenters. The van der Waals surface area contributed by atoms with E-state index >= 15 is 0 Å². The van der Waals surface area contributed by atoms with E-state index in [1.807, 2.05) is 0 Å². The fourth-order valence-electron chi connectivity index (χ4n) is 2.47. The Morgan fingerprint density at radius 2 is 2.10 bits per heavy atom. The molecule has 0 saturated heterocycles. The van der Waals surface area contributed by atoms with E-state index in [2.05, 4.69) is 21.2 Å².